The van der Waals surface area contributed by atoms with Crippen LogP contribution in [0.4, 0.5) is 10.1 Å². The number of hydrogen-bond acceptors (Lipinski definition) is 4. The van der Waals surface area contributed by atoms with E-state index < -0.39 is 0 Å². The Morgan fingerprint density at radius 3 is 2.28 bits per heavy atom. The summed E-state index contributed by atoms with van der Waals surface area (Å²) in [7, 11) is 1.66. The van der Waals surface area contributed by atoms with Crippen LogP contribution in [-0.4, -0.2) is 37.0 Å². The van der Waals surface area contributed by atoms with Crippen molar-refractivity contribution in [1.29, 1.82) is 0 Å². The van der Waals surface area contributed by atoms with Gasteiger partial charge in [-0.1, -0.05) is 42.5 Å². The highest BCUT2D eigenvalue weighted by molar-refractivity contribution is 5.93. The number of halogens is 1. The lowest BCUT2D eigenvalue weighted by Crippen LogP contribution is -2.33. The number of nitrogens with one attached hydrogen (secondary N) is 1. The second-order valence-electron chi connectivity index (χ2n) is 7.17. The summed E-state index contributed by atoms with van der Waals surface area (Å²) in [6.45, 7) is 1.48. The van der Waals surface area contributed by atoms with Crippen molar-refractivity contribution in [1.82, 2.24) is 4.90 Å². The third kappa shape index (κ3) is 6.31. The molecule has 2 amide bonds. The average Bonchev–Trinajstić information content (AvgIpc) is 2.82. The predicted molar refractivity (Wildman–Crippen MR) is 120 cm³/mol. The third-order valence-electron chi connectivity index (χ3n) is 4.95. The molecule has 0 saturated carbocycles. The zero-order chi connectivity index (χ0) is 22.9. The molecular formula is C25H25FN2O4. The van der Waals surface area contributed by atoms with Crippen LogP contribution in [0.25, 0.3) is 0 Å². The van der Waals surface area contributed by atoms with E-state index in [1.165, 1.54) is 17.0 Å². The molecule has 1 N–H and O–H groups in total. The van der Waals surface area contributed by atoms with Gasteiger partial charge < -0.3 is 19.7 Å². The molecule has 0 aliphatic carbocycles. The van der Waals surface area contributed by atoms with Crippen LogP contribution < -0.4 is 14.8 Å². The molecule has 0 bridgehead atoms. The first-order chi connectivity index (χ1) is 15.4. The van der Waals surface area contributed by atoms with E-state index in [9.17, 15) is 14.0 Å². The van der Waals surface area contributed by atoms with Gasteiger partial charge in [-0.15, -0.1) is 0 Å². The van der Waals surface area contributed by atoms with E-state index in [0.29, 0.717) is 17.2 Å². The lowest BCUT2D eigenvalue weighted by Gasteiger charge is -2.25. The van der Waals surface area contributed by atoms with Crippen molar-refractivity contribution < 1.29 is 23.5 Å². The van der Waals surface area contributed by atoms with Gasteiger partial charge in [0.05, 0.1) is 11.7 Å². The molecule has 7 heteroatoms. The summed E-state index contributed by atoms with van der Waals surface area (Å²) >= 11 is 0. The van der Waals surface area contributed by atoms with E-state index in [-0.39, 0.29) is 36.9 Å². The van der Waals surface area contributed by atoms with E-state index >= 15 is 0 Å². The lowest BCUT2D eigenvalue weighted by molar-refractivity contribution is -0.134. The maximum atomic E-state index is 13.1. The minimum atomic E-state index is -0.349. The summed E-state index contributed by atoms with van der Waals surface area (Å²) < 4.78 is 24.3. The first kappa shape index (κ1) is 22.8. The van der Waals surface area contributed by atoms with Crippen LogP contribution in [-0.2, 0) is 9.59 Å². The van der Waals surface area contributed by atoms with Crippen LogP contribution in [0.1, 0.15) is 18.5 Å². The van der Waals surface area contributed by atoms with Gasteiger partial charge in [0, 0.05) is 7.05 Å². The van der Waals surface area contributed by atoms with Gasteiger partial charge in [0.1, 0.15) is 17.3 Å². The molecule has 0 spiro atoms. The minimum Gasteiger partial charge on any atom is -0.484 e. The average molecular weight is 436 g/mol. The first-order valence-corrected chi connectivity index (χ1v) is 10.1. The van der Waals surface area contributed by atoms with Gasteiger partial charge in [-0.05, 0) is 48.9 Å². The van der Waals surface area contributed by atoms with E-state index in [1.807, 2.05) is 25.1 Å². The Hall–Kier alpha value is -3.87. The zero-order valence-electron chi connectivity index (χ0n) is 18.0. The Balaban J connectivity index is 1.55. The summed E-state index contributed by atoms with van der Waals surface area (Å²) in [6.07, 6.45) is 0. The Bertz CT molecular complexity index is 1040. The normalized spacial score (nSPS) is 11.3. The fraction of sp³-hybridized carbons (Fsp3) is 0.200. The Morgan fingerprint density at radius 1 is 0.906 bits per heavy atom. The van der Waals surface area contributed by atoms with Crippen LogP contribution in [0.5, 0.6) is 11.5 Å². The van der Waals surface area contributed by atoms with E-state index in [1.54, 1.807) is 55.6 Å². The van der Waals surface area contributed by atoms with Crippen LogP contribution in [0.2, 0.25) is 0 Å². The van der Waals surface area contributed by atoms with Gasteiger partial charge in [0.2, 0.25) is 0 Å². The quantitative estimate of drug-likeness (QED) is 0.539. The molecule has 166 valence electrons. The van der Waals surface area contributed by atoms with Gasteiger partial charge in [-0.2, -0.15) is 0 Å². The van der Waals surface area contributed by atoms with Crippen molar-refractivity contribution >= 4 is 17.5 Å². The number of carbonyl (C=O) groups is 2. The molecular weight excluding hydrogens is 411 g/mol. The molecule has 1 unspecified atom stereocenters. The van der Waals surface area contributed by atoms with Crippen LogP contribution >= 0.6 is 0 Å². The summed E-state index contributed by atoms with van der Waals surface area (Å²) in [5.74, 6) is 0.0348. The highest BCUT2D eigenvalue weighted by atomic mass is 19.1. The number of likely N-dealkylation sites (N-methyl/N-ethyl adjacent to an activating group) is 1. The minimum absolute atomic E-state index is 0.158. The molecule has 32 heavy (non-hydrogen) atoms. The molecule has 0 heterocycles. The molecule has 3 rings (SSSR count). The number of benzene rings is 3. The molecule has 0 aliphatic rings. The molecule has 0 aliphatic heterocycles. The van der Waals surface area contributed by atoms with Crippen LogP contribution in [0, 0.1) is 5.82 Å². The summed E-state index contributed by atoms with van der Waals surface area (Å²) in [5.41, 5.74) is 1.25. The molecule has 0 aromatic heterocycles. The molecule has 3 aromatic carbocycles. The van der Waals surface area contributed by atoms with Crippen LogP contribution in [0.15, 0.2) is 78.9 Å². The summed E-state index contributed by atoms with van der Waals surface area (Å²) in [5, 5.41) is 2.74. The van der Waals surface area contributed by atoms with E-state index in [0.717, 1.165) is 5.56 Å². The van der Waals surface area contributed by atoms with Gasteiger partial charge in [0.25, 0.3) is 11.8 Å². The standard InChI is InChI=1S/C25H25FN2O4/c1-18(19-12-14-20(26)15-13-19)28(2)25(30)17-32-23-11-7-6-10-22(23)27-24(29)16-31-21-8-4-3-5-9-21/h3-15,18H,16-17H2,1-2H3,(H,27,29). The Labute approximate surface area is 186 Å². The fourth-order valence-electron chi connectivity index (χ4n) is 2.97. The van der Waals surface area contributed by atoms with Crippen molar-refractivity contribution in [3.63, 3.8) is 0 Å². The maximum absolute atomic E-state index is 13.1. The van der Waals surface area contributed by atoms with Gasteiger partial charge in [-0.25, -0.2) is 4.39 Å². The van der Waals surface area contributed by atoms with Crippen LogP contribution in [0.3, 0.4) is 0 Å². The molecule has 0 fully saturated rings. The number of ether oxygens (including phenoxy) is 2. The summed E-state index contributed by atoms with van der Waals surface area (Å²) in [6, 6.07) is 21.7. The largest absolute Gasteiger partial charge is 0.484 e. The predicted octanol–water partition coefficient (Wildman–Crippen LogP) is 4.44. The monoisotopic (exact) mass is 436 g/mol. The zero-order valence-corrected chi connectivity index (χ0v) is 18.0. The van der Waals surface area contributed by atoms with Crippen molar-refractivity contribution in [2.24, 2.45) is 0 Å². The lowest BCUT2D eigenvalue weighted by atomic mass is 10.1. The first-order valence-electron chi connectivity index (χ1n) is 10.1. The number of amides is 2. The van der Waals surface area contributed by atoms with E-state index in [2.05, 4.69) is 5.32 Å². The van der Waals surface area contributed by atoms with Crippen molar-refractivity contribution in [3.05, 3.63) is 90.2 Å². The van der Waals surface area contributed by atoms with Crippen molar-refractivity contribution in [3.8, 4) is 11.5 Å². The number of nitrogens with zero attached hydrogens (tertiary/aromatic N) is 1. The highest BCUT2D eigenvalue weighted by Gasteiger charge is 2.19. The van der Waals surface area contributed by atoms with Crippen molar-refractivity contribution in [2.45, 2.75) is 13.0 Å². The van der Waals surface area contributed by atoms with Crippen molar-refractivity contribution in [2.75, 3.05) is 25.6 Å². The van der Waals surface area contributed by atoms with Gasteiger partial charge >= 0.3 is 0 Å². The number of rotatable bonds is 9. The fourth-order valence-corrected chi connectivity index (χ4v) is 2.97. The highest BCUT2D eigenvalue weighted by Crippen LogP contribution is 2.25. The number of hydrogen-bond donors (Lipinski definition) is 1. The molecule has 3 aromatic rings. The van der Waals surface area contributed by atoms with Gasteiger partial charge in [0.15, 0.2) is 13.2 Å². The topological polar surface area (TPSA) is 67.9 Å². The SMILES string of the molecule is CC(c1ccc(F)cc1)N(C)C(=O)COc1ccccc1NC(=O)COc1ccccc1. The Kier molecular flexibility index (Phi) is 7.80. The maximum Gasteiger partial charge on any atom is 0.262 e. The second kappa shape index (κ2) is 10.9. The molecule has 6 nitrogen and oxygen atoms in total. The number of anilines is 1. The number of carbonyl (C=O) groups excluding carboxylic acids is 2. The summed E-state index contributed by atoms with van der Waals surface area (Å²) in [4.78, 5) is 26.4. The molecule has 0 saturated heterocycles. The third-order valence-corrected chi connectivity index (χ3v) is 4.95. The number of para-hydroxylation sites is 3. The van der Waals surface area contributed by atoms with Gasteiger partial charge in [-0.3, -0.25) is 9.59 Å². The van der Waals surface area contributed by atoms with E-state index in [4.69, 9.17) is 9.47 Å². The second-order valence-corrected chi connectivity index (χ2v) is 7.17. The smallest absolute Gasteiger partial charge is 0.262 e. The molecule has 0 radical (unpaired) electrons. The molecule has 1 atom stereocenters. The Morgan fingerprint density at radius 2 is 1.56 bits per heavy atom.